The van der Waals surface area contributed by atoms with Gasteiger partial charge in [-0.3, -0.25) is 4.31 Å². The molecule has 0 atom stereocenters. The normalized spacial score (nSPS) is 11.3. The van der Waals surface area contributed by atoms with Crippen molar-refractivity contribution in [2.24, 2.45) is 5.73 Å². The highest BCUT2D eigenvalue weighted by atomic mass is 32.2. The van der Waals surface area contributed by atoms with Gasteiger partial charge in [0, 0.05) is 13.6 Å². The molecule has 0 aromatic heterocycles. The molecular weight excluding hydrogens is 284 g/mol. The second kappa shape index (κ2) is 6.74. The van der Waals surface area contributed by atoms with E-state index in [4.69, 9.17) is 5.73 Å². The second-order valence-corrected chi connectivity index (χ2v) is 6.97. The molecule has 112 valence electrons. The van der Waals surface area contributed by atoms with E-state index in [0.717, 1.165) is 11.1 Å². The van der Waals surface area contributed by atoms with Crippen LogP contribution in [-0.2, 0) is 23.0 Å². The Morgan fingerprint density at radius 1 is 1.00 bits per heavy atom. The van der Waals surface area contributed by atoms with Crippen molar-refractivity contribution < 1.29 is 8.42 Å². The maximum absolute atomic E-state index is 12.5. The van der Waals surface area contributed by atoms with Crippen LogP contribution in [0.3, 0.4) is 0 Å². The van der Waals surface area contributed by atoms with Gasteiger partial charge in [0.1, 0.15) is 0 Å². The summed E-state index contributed by atoms with van der Waals surface area (Å²) in [5.74, 6) is 0.0758. The molecular formula is C16H20N2O2S. The number of hydrogen-bond acceptors (Lipinski definition) is 3. The van der Waals surface area contributed by atoms with Crippen molar-refractivity contribution in [3.05, 3.63) is 65.7 Å². The summed E-state index contributed by atoms with van der Waals surface area (Å²) < 4.78 is 26.2. The SMILES string of the molecule is CN(c1ccccc1CN)S(=O)(=O)CCc1ccccc1. The smallest absolute Gasteiger partial charge is 0.235 e. The number of rotatable bonds is 6. The molecule has 0 bridgehead atoms. The molecule has 0 aliphatic heterocycles. The Balaban J connectivity index is 2.15. The standard InChI is InChI=1S/C16H20N2O2S/c1-18(16-10-6-5-9-15(16)13-17)21(19,20)12-11-14-7-3-2-4-8-14/h2-10H,11-13,17H2,1H3. The lowest BCUT2D eigenvalue weighted by Crippen LogP contribution is -2.30. The number of benzene rings is 2. The van der Waals surface area contributed by atoms with Gasteiger partial charge in [-0.2, -0.15) is 0 Å². The minimum absolute atomic E-state index is 0.0758. The van der Waals surface area contributed by atoms with E-state index in [2.05, 4.69) is 0 Å². The number of hydrogen-bond donors (Lipinski definition) is 1. The van der Waals surface area contributed by atoms with Gasteiger partial charge >= 0.3 is 0 Å². The summed E-state index contributed by atoms with van der Waals surface area (Å²) in [5, 5.41) is 0. The Kier molecular flexibility index (Phi) is 4.98. The first-order chi connectivity index (χ1) is 10.0. The predicted molar refractivity (Wildman–Crippen MR) is 86.7 cm³/mol. The highest BCUT2D eigenvalue weighted by molar-refractivity contribution is 7.92. The molecule has 2 rings (SSSR count). The minimum Gasteiger partial charge on any atom is -0.326 e. The number of sulfonamides is 1. The topological polar surface area (TPSA) is 63.4 Å². The Morgan fingerprint density at radius 2 is 1.62 bits per heavy atom. The number of aryl methyl sites for hydroxylation is 1. The largest absolute Gasteiger partial charge is 0.326 e. The molecule has 0 saturated carbocycles. The van der Waals surface area contributed by atoms with Crippen molar-refractivity contribution in [2.45, 2.75) is 13.0 Å². The van der Waals surface area contributed by atoms with Crippen LogP contribution in [0.1, 0.15) is 11.1 Å². The van der Waals surface area contributed by atoms with E-state index >= 15 is 0 Å². The molecule has 0 saturated heterocycles. The second-order valence-electron chi connectivity index (χ2n) is 4.85. The van der Waals surface area contributed by atoms with Crippen LogP contribution >= 0.6 is 0 Å². The van der Waals surface area contributed by atoms with E-state index in [0.29, 0.717) is 18.7 Å². The highest BCUT2D eigenvalue weighted by Crippen LogP contribution is 2.21. The Labute approximate surface area is 126 Å². The van der Waals surface area contributed by atoms with Crippen LogP contribution in [0.4, 0.5) is 5.69 Å². The van der Waals surface area contributed by atoms with Crippen LogP contribution in [0.25, 0.3) is 0 Å². The average Bonchev–Trinajstić information content (AvgIpc) is 2.53. The minimum atomic E-state index is -3.37. The molecule has 2 N–H and O–H groups in total. The van der Waals surface area contributed by atoms with Crippen LogP contribution in [-0.4, -0.2) is 21.2 Å². The Hall–Kier alpha value is -1.85. The van der Waals surface area contributed by atoms with E-state index in [-0.39, 0.29) is 5.75 Å². The molecule has 0 spiro atoms. The zero-order chi connectivity index (χ0) is 15.3. The van der Waals surface area contributed by atoms with Crippen LogP contribution < -0.4 is 10.0 Å². The molecule has 0 fully saturated rings. The van der Waals surface area contributed by atoms with Crippen LogP contribution in [0, 0.1) is 0 Å². The monoisotopic (exact) mass is 304 g/mol. The predicted octanol–water partition coefficient (Wildman–Crippen LogP) is 2.15. The number of nitrogens with zero attached hydrogens (tertiary/aromatic N) is 1. The molecule has 0 aliphatic rings. The van der Waals surface area contributed by atoms with E-state index in [1.807, 2.05) is 48.5 Å². The molecule has 21 heavy (non-hydrogen) atoms. The first-order valence-electron chi connectivity index (χ1n) is 6.83. The van der Waals surface area contributed by atoms with Gasteiger partial charge in [0.15, 0.2) is 0 Å². The fourth-order valence-corrected chi connectivity index (χ4v) is 3.41. The number of anilines is 1. The maximum atomic E-state index is 12.5. The van der Waals surface area contributed by atoms with Gasteiger partial charge in [0.05, 0.1) is 11.4 Å². The van der Waals surface area contributed by atoms with Crippen molar-refractivity contribution in [2.75, 3.05) is 17.1 Å². The third-order valence-electron chi connectivity index (χ3n) is 3.46. The van der Waals surface area contributed by atoms with Gasteiger partial charge in [-0.15, -0.1) is 0 Å². The summed E-state index contributed by atoms with van der Waals surface area (Å²) in [5.41, 5.74) is 8.16. The van der Waals surface area contributed by atoms with Gasteiger partial charge in [0.2, 0.25) is 10.0 Å². The van der Waals surface area contributed by atoms with Crippen molar-refractivity contribution in [3.8, 4) is 0 Å². The number of para-hydroxylation sites is 1. The zero-order valence-electron chi connectivity index (χ0n) is 12.1. The number of nitrogens with two attached hydrogens (primary N) is 1. The molecule has 0 radical (unpaired) electrons. The maximum Gasteiger partial charge on any atom is 0.235 e. The zero-order valence-corrected chi connectivity index (χ0v) is 12.9. The lowest BCUT2D eigenvalue weighted by molar-refractivity contribution is 0.593. The van der Waals surface area contributed by atoms with Crippen LogP contribution in [0.2, 0.25) is 0 Å². The van der Waals surface area contributed by atoms with E-state index in [1.165, 1.54) is 4.31 Å². The summed E-state index contributed by atoms with van der Waals surface area (Å²) in [4.78, 5) is 0. The van der Waals surface area contributed by atoms with Gasteiger partial charge in [-0.05, 0) is 23.6 Å². The fraction of sp³-hybridized carbons (Fsp3) is 0.250. The summed E-state index contributed by atoms with van der Waals surface area (Å²) in [6, 6.07) is 16.9. The van der Waals surface area contributed by atoms with Gasteiger partial charge in [-0.25, -0.2) is 8.42 Å². The average molecular weight is 304 g/mol. The van der Waals surface area contributed by atoms with Gasteiger partial charge < -0.3 is 5.73 Å². The Bertz CT molecular complexity index is 684. The molecule has 2 aromatic carbocycles. The van der Waals surface area contributed by atoms with Crippen molar-refractivity contribution in [3.63, 3.8) is 0 Å². The first-order valence-corrected chi connectivity index (χ1v) is 8.44. The fourth-order valence-electron chi connectivity index (χ4n) is 2.17. The quantitative estimate of drug-likeness (QED) is 0.889. The first kappa shape index (κ1) is 15.5. The highest BCUT2D eigenvalue weighted by Gasteiger charge is 2.20. The van der Waals surface area contributed by atoms with Crippen molar-refractivity contribution in [1.82, 2.24) is 0 Å². The molecule has 0 heterocycles. The van der Waals surface area contributed by atoms with E-state index in [9.17, 15) is 8.42 Å². The summed E-state index contributed by atoms with van der Waals surface area (Å²) >= 11 is 0. The van der Waals surface area contributed by atoms with E-state index in [1.54, 1.807) is 13.1 Å². The summed E-state index contributed by atoms with van der Waals surface area (Å²) in [6.45, 7) is 0.314. The molecule has 5 heteroatoms. The van der Waals surface area contributed by atoms with Crippen LogP contribution in [0.15, 0.2) is 54.6 Å². The Morgan fingerprint density at radius 3 is 2.29 bits per heavy atom. The lowest BCUT2D eigenvalue weighted by atomic mass is 10.2. The van der Waals surface area contributed by atoms with Gasteiger partial charge in [-0.1, -0.05) is 48.5 Å². The van der Waals surface area contributed by atoms with Crippen LogP contribution in [0.5, 0.6) is 0 Å². The van der Waals surface area contributed by atoms with Gasteiger partial charge in [0.25, 0.3) is 0 Å². The third kappa shape index (κ3) is 3.83. The third-order valence-corrected chi connectivity index (χ3v) is 5.21. The van der Waals surface area contributed by atoms with E-state index < -0.39 is 10.0 Å². The summed E-state index contributed by atoms with van der Waals surface area (Å²) in [7, 11) is -1.79. The lowest BCUT2D eigenvalue weighted by Gasteiger charge is -2.22. The van der Waals surface area contributed by atoms with Crippen molar-refractivity contribution >= 4 is 15.7 Å². The molecule has 0 amide bonds. The summed E-state index contributed by atoms with van der Waals surface area (Å²) in [6.07, 6.45) is 0.498. The molecule has 4 nitrogen and oxygen atoms in total. The van der Waals surface area contributed by atoms with Crippen molar-refractivity contribution in [1.29, 1.82) is 0 Å². The molecule has 0 unspecified atom stereocenters. The molecule has 2 aromatic rings. The molecule has 0 aliphatic carbocycles.